The summed E-state index contributed by atoms with van der Waals surface area (Å²) in [6, 6.07) is 5.76. The number of hydrogen-bond acceptors (Lipinski definition) is 4. The van der Waals surface area contributed by atoms with E-state index in [4.69, 9.17) is 0 Å². The number of ether oxygens (including phenoxy) is 1. The lowest BCUT2D eigenvalue weighted by Gasteiger charge is -2.14. The van der Waals surface area contributed by atoms with Crippen LogP contribution in [0.3, 0.4) is 0 Å². The van der Waals surface area contributed by atoms with Crippen molar-refractivity contribution in [2.45, 2.75) is 39.4 Å². The van der Waals surface area contributed by atoms with Crippen molar-refractivity contribution in [1.82, 2.24) is 16.0 Å². The Balaban J connectivity index is 0.00000729. The van der Waals surface area contributed by atoms with Gasteiger partial charge in [0.2, 0.25) is 5.91 Å². The molecule has 0 saturated carbocycles. The molecular weight excluding hydrogens is 485 g/mol. The zero-order valence-electron chi connectivity index (χ0n) is 16.1. The topological polar surface area (TPSA) is 95.0 Å². The first-order chi connectivity index (χ1) is 13.0. The fraction of sp³-hybridized carbons (Fsp3) is 0.556. The standard InChI is InChI=1S/C18H28F2N4O3.HI/c1-3-10-22-16(26)9-11-23-18(21-4-2)24-12-15(25)13-5-7-14(8-6-13)27-17(19)20;/h5-8,15,17,25H,3-4,9-12H2,1-2H3,(H,22,26)(H2,21,23,24);1H. The Hall–Kier alpha value is -1.69. The highest BCUT2D eigenvalue weighted by atomic mass is 127. The summed E-state index contributed by atoms with van der Waals surface area (Å²) in [5, 5.41) is 19.1. The van der Waals surface area contributed by atoms with Crippen molar-refractivity contribution >= 4 is 35.8 Å². The lowest BCUT2D eigenvalue weighted by atomic mass is 10.1. The number of hydrogen-bond donors (Lipinski definition) is 4. The van der Waals surface area contributed by atoms with Crippen LogP contribution in [0.5, 0.6) is 5.75 Å². The van der Waals surface area contributed by atoms with Gasteiger partial charge in [0.15, 0.2) is 5.96 Å². The zero-order chi connectivity index (χ0) is 20.1. The molecule has 0 fully saturated rings. The second-order valence-electron chi connectivity index (χ2n) is 5.71. The van der Waals surface area contributed by atoms with Crippen LogP contribution in [-0.4, -0.2) is 49.8 Å². The smallest absolute Gasteiger partial charge is 0.387 e. The molecule has 0 radical (unpaired) electrons. The number of carbonyl (C=O) groups excluding carboxylic acids is 1. The van der Waals surface area contributed by atoms with Crippen molar-refractivity contribution in [3.8, 4) is 5.75 Å². The fourth-order valence-electron chi connectivity index (χ4n) is 2.14. The molecular formula is C18H29F2IN4O3. The number of alkyl halides is 2. The lowest BCUT2D eigenvalue weighted by Crippen LogP contribution is -2.39. The second kappa shape index (κ2) is 15.3. The van der Waals surface area contributed by atoms with Crippen LogP contribution in [0.25, 0.3) is 0 Å². The number of nitrogens with zero attached hydrogens (tertiary/aromatic N) is 1. The second-order valence-corrected chi connectivity index (χ2v) is 5.71. The van der Waals surface area contributed by atoms with Gasteiger partial charge in [0.05, 0.1) is 12.6 Å². The molecule has 7 nitrogen and oxygen atoms in total. The molecule has 0 heterocycles. The fourth-order valence-corrected chi connectivity index (χ4v) is 2.14. The maximum atomic E-state index is 12.1. The molecule has 1 aromatic carbocycles. The van der Waals surface area contributed by atoms with Gasteiger partial charge in [-0.3, -0.25) is 9.79 Å². The van der Waals surface area contributed by atoms with Crippen molar-refractivity contribution in [3.05, 3.63) is 29.8 Å². The lowest BCUT2D eigenvalue weighted by molar-refractivity contribution is -0.120. The number of carbonyl (C=O) groups is 1. The predicted octanol–water partition coefficient (Wildman–Crippen LogP) is 2.41. The Kier molecular flexibility index (Phi) is 14.3. The van der Waals surface area contributed by atoms with Gasteiger partial charge in [-0.05, 0) is 31.0 Å². The van der Waals surface area contributed by atoms with E-state index in [0.717, 1.165) is 6.42 Å². The van der Waals surface area contributed by atoms with Crippen LogP contribution in [0.4, 0.5) is 8.78 Å². The van der Waals surface area contributed by atoms with Crippen LogP contribution >= 0.6 is 24.0 Å². The molecule has 1 atom stereocenters. The maximum absolute atomic E-state index is 12.1. The van der Waals surface area contributed by atoms with Gasteiger partial charge in [-0.1, -0.05) is 19.1 Å². The van der Waals surface area contributed by atoms with Crippen molar-refractivity contribution in [1.29, 1.82) is 0 Å². The molecule has 1 amide bonds. The molecule has 0 aliphatic carbocycles. The quantitative estimate of drug-likeness (QED) is 0.207. The van der Waals surface area contributed by atoms with Gasteiger partial charge in [0, 0.05) is 26.1 Å². The molecule has 0 aliphatic heterocycles. The van der Waals surface area contributed by atoms with Crippen molar-refractivity contribution in [2.24, 2.45) is 4.99 Å². The Labute approximate surface area is 181 Å². The van der Waals surface area contributed by atoms with Crippen molar-refractivity contribution < 1.29 is 23.4 Å². The van der Waals surface area contributed by atoms with Gasteiger partial charge in [0.1, 0.15) is 5.75 Å². The molecule has 160 valence electrons. The van der Waals surface area contributed by atoms with E-state index >= 15 is 0 Å². The minimum atomic E-state index is -2.89. The van der Waals surface area contributed by atoms with E-state index in [-0.39, 0.29) is 42.2 Å². The van der Waals surface area contributed by atoms with E-state index in [1.807, 2.05) is 13.8 Å². The summed E-state index contributed by atoms with van der Waals surface area (Å²) in [6.07, 6.45) is 0.309. The number of aliphatic hydroxyl groups excluding tert-OH is 1. The van der Waals surface area contributed by atoms with Gasteiger partial charge in [-0.15, -0.1) is 24.0 Å². The first kappa shape index (κ1) is 26.3. The number of aliphatic hydroxyl groups is 1. The summed E-state index contributed by atoms with van der Waals surface area (Å²) in [7, 11) is 0. The summed E-state index contributed by atoms with van der Waals surface area (Å²) in [4.78, 5) is 15.9. The molecule has 0 saturated heterocycles. The number of benzene rings is 1. The van der Waals surface area contributed by atoms with E-state index in [9.17, 15) is 18.7 Å². The number of rotatable bonds is 11. The minimum Gasteiger partial charge on any atom is -0.435 e. The van der Waals surface area contributed by atoms with E-state index in [2.05, 4.69) is 25.7 Å². The van der Waals surface area contributed by atoms with Crippen LogP contribution in [0.15, 0.2) is 29.3 Å². The monoisotopic (exact) mass is 514 g/mol. The van der Waals surface area contributed by atoms with Gasteiger partial charge < -0.3 is 25.8 Å². The Morgan fingerprint density at radius 1 is 1.14 bits per heavy atom. The number of guanidine groups is 1. The molecule has 0 aromatic heterocycles. The minimum absolute atomic E-state index is 0. The van der Waals surface area contributed by atoms with Crippen molar-refractivity contribution in [3.63, 3.8) is 0 Å². The van der Waals surface area contributed by atoms with Crippen LogP contribution in [0.1, 0.15) is 38.4 Å². The Morgan fingerprint density at radius 2 is 1.82 bits per heavy atom. The summed E-state index contributed by atoms with van der Waals surface area (Å²) < 4.78 is 28.6. The van der Waals surface area contributed by atoms with E-state index in [1.54, 1.807) is 0 Å². The largest absolute Gasteiger partial charge is 0.435 e. The Bertz CT molecular complexity index is 589. The van der Waals surface area contributed by atoms with Gasteiger partial charge in [-0.2, -0.15) is 8.78 Å². The average molecular weight is 514 g/mol. The third-order valence-corrected chi connectivity index (χ3v) is 3.47. The highest BCUT2D eigenvalue weighted by Crippen LogP contribution is 2.19. The third kappa shape index (κ3) is 11.2. The van der Waals surface area contributed by atoms with E-state index < -0.39 is 12.7 Å². The molecule has 1 rings (SSSR count). The third-order valence-electron chi connectivity index (χ3n) is 3.47. The molecule has 0 bridgehead atoms. The average Bonchev–Trinajstić information content (AvgIpc) is 2.64. The molecule has 4 N–H and O–H groups in total. The van der Waals surface area contributed by atoms with Crippen LogP contribution in [0.2, 0.25) is 0 Å². The van der Waals surface area contributed by atoms with Crippen LogP contribution in [-0.2, 0) is 4.79 Å². The number of amides is 1. The molecule has 0 spiro atoms. The van der Waals surface area contributed by atoms with Crippen LogP contribution in [0, 0.1) is 0 Å². The normalized spacial score (nSPS) is 12.1. The number of halogens is 3. The number of nitrogens with one attached hydrogen (secondary N) is 3. The van der Waals surface area contributed by atoms with E-state index in [0.29, 0.717) is 37.6 Å². The van der Waals surface area contributed by atoms with Gasteiger partial charge in [-0.25, -0.2) is 0 Å². The number of aliphatic imine (C=N–C) groups is 1. The summed E-state index contributed by atoms with van der Waals surface area (Å²) in [5.74, 6) is 0.477. The maximum Gasteiger partial charge on any atom is 0.387 e. The highest BCUT2D eigenvalue weighted by molar-refractivity contribution is 14.0. The predicted molar refractivity (Wildman–Crippen MR) is 115 cm³/mol. The summed E-state index contributed by atoms with van der Waals surface area (Å²) in [6.45, 7) is 2.78. The van der Waals surface area contributed by atoms with E-state index in [1.165, 1.54) is 24.3 Å². The first-order valence-corrected chi connectivity index (χ1v) is 8.98. The van der Waals surface area contributed by atoms with Gasteiger partial charge >= 0.3 is 6.61 Å². The molecule has 0 aliphatic rings. The SMILES string of the molecule is CCCNC(=O)CCNC(=NCC(O)c1ccc(OC(F)F)cc1)NCC.I. The highest BCUT2D eigenvalue weighted by Gasteiger charge is 2.10. The molecule has 1 unspecified atom stereocenters. The first-order valence-electron chi connectivity index (χ1n) is 8.98. The zero-order valence-corrected chi connectivity index (χ0v) is 18.4. The van der Waals surface area contributed by atoms with Gasteiger partial charge in [0.25, 0.3) is 0 Å². The summed E-state index contributed by atoms with van der Waals surface area (Å²) in [5.41, 5.74) is 0.537. The molecule has 28 heavy (non-hydrogen) atoms. The Morgan fingerprint density at radius 3 is 2.39 bits per heavy atom. The summed E-state index contributed by atoms with van der Waals surface area (Å²) >= 11 is 0. The molecule has 1 aromatic rings. The molecule has 10 heteroatoms. The van der Waals surface area contributed by atoms with Crippen molar-refractivity contribution in [2.75, 3.05) is 26.2 Å². The van der Waals surface area contributed by atoms with Crippen LogP contribution < -0.4 is 20.7 Å².